The maximum Gasteiger partial charge on any atom is 0.490 e. The van der Waals surface area contributed by atoms with E-state index < -0.39 is 12.1 Å². The zero-order valence-electron chi connectivity index (χ0n) is 18.5. The maximum atomic E-state index is 13.9. The molecule has 4 rings (SSSR count). The molecule has 1 aromatic heterocycles. The number of hydrogen-bond donors (Lipinski definition) is 2. The lowest BCUT2D eigenvalue weighted by Gasteiger charge is -2.15. The van der Waals surface area contributed by atoms with Crippen LogP contribution >= 0.6 is 11.6 Å². The summed E-state index contributed by atoms with van der Waals surface area (Å²) >= 11 is 6.26. The second kappa shape index (κ2) is 10.6. The summed E-state index contributed by atoms with van der Waals surface area (Å²) < 4.78 is 51.4. The molecule has 0 aliphatic carbocycles. The molecule has 0 amide bonds. The number of pyridine rings is 1. The van der Waals surface area contributed by atoms with E-state index in [9.17, 15) is 17.6 Å². The molecule has 0 saturated heterocycles. The van der Waals surface area contributed by atoms with Gasteiger partial charge in [-0.25, -0.2) is 14.2 Å². The van der Waals surface area contributed by atoms with Gasteiger partial charge in [-0.05, 0) is 67.4 Å². The molecule has 0 spiro atoms. The number of para-hydroxylation sites is 2. The SMILES string of the molecule is Cc1cc(Oc2ccccc2F)c(C)cc1Nc1ccc2cccc(Cl)c2n1.O=C(O)C(F)(F)F. The number of rotatable bonds is 4. The van der Waals surface area contributed by atoms with Gasteiger partial charge < -0.3 is 15.2 Å². The van der Waals surface area contributed by atoms with Gasteiger partial charge in [-0.3, -0.25) is 0 Å². The molecule has 0 bridgehead atoms. The van der Waals surface area contributed by atoms with E-state index in [0.717, 1.165) is 27.7 Å². The highest BCUT2D eigenvalue weighted by atomic mass is 35.5. The molecular formula is C25H19ClF4N2O3. The van der Waals surface area contributed by atoms with Gasteiger partial charge in [0.25, 0.3) is 0 Å². The van der Waals surface area contributed by atoms with Crippen LogP contribution in [0, 0.1) is 19.7 Å². The lowest BCUT2D eigenvalue weighted by molar-refractivity contribution is -0.192. The van der Waals surface area contributed by atoms with Crippen LogP contribution in [-0.4, -0.2) is 22.2 Å². The summed E-state index contributed by atoms with van der Waals surface area (Å²) in [5.74, 6) is -1.63. The molecule has 3 aromatic carbocycles. The number of nitrogens with one attached hydrogen (secondary N) is 1. The van der Waals surface area contributed by atoms with Crippen molar-refractivity contribution in [3.63, 3.8) is 0 Å². The van der Waals surface area contributed by atoms with Gasteiger partial charge in [0.15, 0.2) is 11.6 Å². The summed E-state index contributed by atoms with van der Waals surface area (Å²) in [6.45, 7) is 3.88. The van der Waals surface area contributed by atoms with E-state index in [-0.39, 0.29) is 11.6 Å². The molecule has 0 atom stereocenters. The molecule has 35 heavy (non-hydrogen) atoms. The van der Waals surface area contributed by atoms with Crippen LogP contribution < -0.4 is 10.1 Å². The van der Waals surface area contributed by atoms with Crippen molar-refractivity contribution in [3.8, 4) is 11.5 Å². The lowest BCUT2D eigenvalue weighted by atomic mass is 10.1. The van der Waals surface area contributed by atoms with E-state index >= 15 is 0 Å². The summed E-state index contributed by atoms with van der Waals surface area (Å²) in [4.78, 5) is 13.5. The highest BCUT2D eigenvalue weighted by Gasteiger charge is 2.38. The van der Waals surface area contributed by atoms with E-state index in [1.165, 1.54) is 6.07 Å². The molecular weight excluding hydrogens is 488 g/mol. The third-order valence-corrected chi connectivity index (χ3v) is 5.06. The Bertz CT molecular complexity index is 1380. The molecule has 182 valence electrons. The van der Waals surface area contributed by atoms with Crippen LogP contribution in [0.25, 0.3) is 10.9 Å². The third kappa shape index (κ3) is 6.60. The van der Waals surface area contributed by atoms with Crippen LogP contribution in [0.2, 0.25) is 5.02 Å². The number of ether oxygens (including phenoxy) is 1. The number of aliphatic carboxylic acids is 1. The summed E-state index contributed by atoms with van der Waals surface area (Å²) in [6, 6.07) is 19.8. The Morgan fingerprint density at radius 3 is 2.31 bits per heavy atom. The van der Waals surface area contributed by atoms with Crippen molar-refractivity contribution < 1.29 is 32.2 Å². The highest BCUT2D eigenvalue weighted by Crippen LogP contribution is 2.33. The van der Waals surface area contributed by atoms with Crippen LogP contribution in [0.1, 0.15) is 11.1 Å². The Morgan fingerprint density at radius 1 is 0.971 bits per heavy atom. The molecule has 5 nitrogen and oxygen atoms in total. The standard InChI is InChI=1S/C23H18ClFN2O.C2HF3O2/c1-14-13-21(28-20-9-4-3-8-18(20)25)15(2)12-19(14)26-22-11-10-16-6-5-7-17(24)23(16)27-22;3-2(4,5)1(6)7/h3-13H,1-2H3,(H,26,27);(H,6,7). The van der Waals surface area contributed by atoms with E-state index in [0.29, 0.717) is 16.6 Å². The van der Waals surface area contributed by atoms with Crippen molar-refractivity contribution in [2.45, 2.75) is 20.0 Å². The fraction of sp³-hybridized carbons (Fsp3) is 0.120. The highest BCUT2D eigenvalue weighted by molar-refractivity contribution is 6.35. The average Bonchev–Trinajstić information content (AvgIpc) is 2.79. The predicted octanol–water partition coefficient (Wildman–Crippen LogP) is 7.81. The van der Waals surface area contributed by atoms with Gasteiger partial charge in [-0.1, -0.05) is 35.9 Å². The molecule has 0 unspecified atom stereocenters. The van der Waals surface area contributed by atoms with Gasteiger partial charge in [0.05, 0.1) is 10.5 Å². The number of aromatic nitrogens is 1. The zero-order valence-corrected chi connectivity index (χ0v) is 19.2. The van der Waals surface area contributed by atoms with Crippen molar-refractivity contribution in [1.29, 1.82) is 0 Å². The van der Waals surface area contributed by atoms with Gasteiger partial charge >= 0.3 is 12.1 Å². The minimum atomic E-state index is -5.08. The van der Waals surface area contributed by atoms with E-state index in [1.807, 2.05) is 56.3 Å². The normalized spacial score (nSPS) is 10.9. The minimum absolute atomic E-state index is 0.205. The second-order valence-corrected chi connectivity index (χ2v) is 7.81. The quantitative estimate of drug-likeness (QED) is 0.276. The van der Waals surface area contributed by atoms with E-state index in [4.69, 9.17) is 26.2 Å². The van der Waals surface area contributed by atoms with Gasteiger partial charge in [0, 0.05) is 11.1 Å². The Balaban J connectivity index is 0.000000429. The Morgan fingerprint density at radius 2 is 1.66 bits per heavy atom. The number of nitrogens with zero attached hydrogens (tertiary/aromatic N) is 1. The topological polar surface area (TPSA) is 71.5 Å². The summed E-state index contributed by atoms with van der Waals surface area (Å²) in [6.07, 6.45) is -5.08. The van der Waals surface area contributed by atoms with Gasteiger partial charge in [-0.2, -0.15) is 13.2 Å². The first-order chi connectivity index (χ1) is 16.5. The van der Waals surface area contributed by atoms with E-state index in [2.05, 4.69) is 10.3 Å². The third-order valence-electron chi connectivity index (χ3n) is 4.75. The van der Waals surface area contributed by atoms with Gasteiger partial charge in [-0.15, -0.1) is 0 Å². The van der Waals surface area contributed by atoms with Crippen molar-refractivity contribution >= 4 is 40.0 Å². The maximum absolute atomic E-state index is 13.9. The molecule has 10 heteroatoms. The number of alkyl halides is 3. The zero-order chi connectivity index (χ0) is 25.8. The number of carboxylic acid groups (broad SMARTS) is 1. The average molecular weight is 507 g/mol. The summed E-state index contributed by atoms with van der Waals surface area (Å²) in [5, 5.41) is 12.1. The van der Waals surface area contributed by atoms with Gasteiger partial charge in [0.2, 0.25) is 0 Å². The Hall–Kier alpha value is -3.85. The van der Waals surface area contributed by atoms with Gasteiger partial charge in [0.1, 0.15) is 11.6 Å². The van der Waals surface area contributed by atoms with Crippen molar-refractivity contribution in [3.05, 3.63) is 88.7 Å². The molecule has 0 fully saturated rings. The van der Waals surface area contributed by atoms with Crippen molar-refractivity contribution in [2.24, 2.45) is 0 Å². The van der Waals surface area contributed by atoms with Crippen LogP contribution in [0.4, 0.5) is 29.1 Å². The Labute approximate surface area is 202 Å². The van der Waals surface area contributed by atoms with Crippen LogP contribution in [0.3, 0.4) is 0 Å². The predicted molar refractivity (Wildman–Crippen MR) is 126 cm³/mol. The largest absolute Gasteiger partial charge is 0.490 e. The van der Waals surface area contributed by atoms with Crippen molar-refractivity contribution in [1.82, 2.24) is 4.98 Å². The fourth-order valence-electron chi connectivity index (χ4n) is 3.00. The smallest absolute Gasteiger partial charge is 0.475 e. The van der Waals surface area contributed by atoms with Crippen LogP contribution in [-0.2, 0) is 4.79 Å². The fourth-order valence-corrected chi connectivity index (χ4v) is 3.22. The van der Waals surface area contributed by atoms with E-state index in [1.54, 1.807) is 18.2 Å². The molecule has 1 heterocycles. The number of anilines is 2. The number of fused-ring (bicyclic) bond motifs is 1. The first kappa shape index (κ1) is 25.8. The number of carboxylic acids is 1. The molecule has 2 N–H and O–H groups in total. The number of benzene rings is 3. The second-order valence-electron chi connectivity index (χ2n) is 7.40. The molecule has 0 aliphatic heterocycles. The first-order valence-electron chi connectivity index (χ1n) is 10.1. The number of halogens is 5. The van der Waals surface area contributed by atoms with Crippen LogP contribution in [0.15, 0.2) is 66.7 Å². The molecule has 0 radical (unpaired) electrons. The number of carbonyl (C=O) groups is 1. The number of aryl methyl sites for hydroxylation is 2. The molecule has 4 aromatic rings. The molecule has 0 saturated carbocycles. The lowest BCUT2D eigenvalue weighted by Crippen LogP contribution is -2.21. The number of hydrogen-bond acceptors (Lipinski definition) is 4. The van der Waals surface area contributed by atoms with Crippen LogP contribution in [0.5, 0.6) is 11.5 Å². The first-order valence-corrected chi connectivity index (χ1v) is 10.5. The Kier molecular flexibility index (Phi) is 7.81. The summed E-state index contributed by atoms with van der Waals surface area (Å²) in [5.41, 5.74) is 3.49. The minimum Gasteiger partial charge on any atom is -0.475 e. The molecule has 0 aliphatic rings. The van der Waals surface area contributed by atoms with Crippen molar-refractivity contribution in [2.75, 3.05) is 5.32 Å². The monoisotopic (exact) mass is 506 g/mol. The summed E-state index contributed by atoms with van der Waals surface area (Å²) in [7, 11) is 0.